The van der Waals surface area contributed by atoms with E-state index in [2.05, 4.69) is 38.8 Å². The molecule has 3 heteroatoms. The summed E-state index contributed by atoms with van der Waals surface area (Å²) in [5, 5.41) is 0.816. The minimum absolute atomic E-state index is 0.352. The summed E-state index contributed by atoms with van der Waals surface area (Å²) in [6.45, 7) is 9.83. The van der Waals surface area contributed by atoms with Crippen molar-refractivity contribution in [3.63, 3.8) is 0 Å². The Morgan fingerprint density at radius 3 is 2.52 bits per heavy atom. The Balaban J connectivity index is 2.37. The zero-order valence-electron chi connectivity index (χ0n) is 14.0. The van der Waals surface area contributed by atoms with Gasteiger partial charge in [-0.05, 0) is 68.4 Å². The van der Waals surface area contributed by atoms with Crippen molar-refractivity contribution in [1.82, 2.24) is 4.90 Å². The Hall–Kier alpha value is -0.570. The molecule has 0 radical (unpaired) electrons. The molecule has 0 saturated heterocycles. The monoisotopic (exact) mass is 310 g/mol. The highest BCUT2D eigenvalue weighted by Gasteiger charge is 2.23. The molecule has 1 aromatic rings. The average Bonchev–Trinajstić information content (AvgIpc) is 2.36. The lowest BCUT2D eigenvalue weighted by Gasteiger charge is -2.31. The van der Waals surface area contributed by atoms with E-state index < -0.39 is 0 Å². The van der Waals surface area contributed by atoms with Crippen LogP contribution in [0.2, 0.25) is 5.02 Å². The topological polar surface area (TPSA) is 29.3 Å². The Labute approximate surface area is 135 Å². The predicted molar refractivity (Wildman–Crippen MR) is 93.6 cm³/mol. The minimum atomic E-state index is 0.352. The van der Waals surface area contributed by atoms with Crippen LogP contribution in [0, 0.1) is 11.3 Å². The van der Waals surface area contributed by atoms with Crippen molar-refractivity contribution in [2.45, 2.75) is 46.6 Å². The van der Waals surface area contributed by atoms with Crippen molar-refractivity contribution in [3.05, 3.63) is 34.9 Å². The molecule has 0 heterocycles. The maximum absolute atomic E-state index is 6.03. The van der Waals surface area contributed by atoms with E-state index in [4.69, 9.17) is 17.3 Å². The summed E-state index contributed by atoms with van der Waals surface area (Å²) in [7, 11) is 2.18. The van der Waals surface area contributed by atoms with E-state index >= 15 is 0 Å². The van der Waals surface area contributed by atoms with Gasteiger partial charge >= 0.3 is 0 Å². The van der Waals surface area contributed by atoms with Gasteiger partial charge in [0.1, 0.15) is 0 Å². The molecule has 0 fully saturated rings. The van der Waals surface area contributed by atoms with Crippen molar-refractivity contribution in [1.29, 1.82) is 0 Å². The molecule has 1 unspecified atom stereocenters. The van der Waals surface area contributed by atoms with Crippen LogP contribution in [-0.2, 0) is 6.54 Å². The van der Waals surface area contributed by atoms with Crippen LogP contribution in [0.15, 0.2) is 24.3 Å². The highest BCUT2D eigenvalue weighted by Crippen LogP contribution is 2.32. The Morgan fingerprint density at radius 1 is 1.24 bits per heavy atom. The highest BCUT2D eigenvalue weighted by atomic mass is 35.5. The Kier molecular flexibility index (Phi) is 7.72. The molecule has 0 amide bonds. The summed E-state index contributed by atoms with van der Waals surface area (Å²) in [6, 6.07) is 8.12. The highest BCUT2D eigenvalue weighted by molar-refractivity contribution is 6.30. The van der Waals surface area contributed by atoms with Gasteiger partial charge in [0.25, 0.3) is 0 Å². The van der Waals surface area contributed by atoms with Gasteiger partial charge < -0.3 is 10.6 Å². The van der Waals surface area contributed by atoms with Gasteiger partial charge in [0.15, 0.2) is 0 Å². The van der Waals surface area contributed by atoms with Gasteiger partial charge in [-0.15, -0.1) is 0 Å². The molecule has 0 aromatic heterocycles. The first-order valence-electron chi connectivity index (χ1n) is 7.96. The first-order chi connectivity index (χ1) is 9.82. The lowest BCUT2D eigenvalue weighted by atomic mass is 9.76. The molecule has 0 bridgehead atoms. The largest absolute Gasteiger partial charge is 0.330 e. The number of nitrogens with two attached hydrogens (primary N) is 1. The molecule has 120 valence electrons. The third kappa shape index (κ3) is 7.30. The zero-order chi connectivity index (χ0) is 15.9. The normalized spacial score (nSPS) is 13.7. The van der Waals surface area contributed by atoms with Crippen molar-refractivity contribution in [3.8, 4) is 0 Å². The third-order valence-corrected chi connectivity index (χ3v) is 4.41. The molecule has 0 aliphatic carbocycles. The number of nitrogens with zero attached hydrogens (tertiary/aromatic N) is 1. The van der Waals surface area contributed by atoms with Crippen LogP contribution in [0.4, 0.5) is 0 Å². The lowest BCUT2D eigenvalue weighted by Crippen LogP contribution is -2.25. The fourth-order valence-electron chi connectivity index (χ4n) is 2.85. The molecule has 0 aliphatic heterocycles. The molecule has 0 spiro atoms. The SMILES string of the molecule is CN(CCCC(CCN)C(C)(C)C)Cc1cccc(Cl)c1. The minimum Gasteiger partial charge on any atom is -0.330 e. The molecule has 1 atom stereocenters. The van der Waals surface area contributed by atoms with E-state index in [0.717, 1.165) is 31.1 Å². The molecule has 2 N–H and O–H groups in total. The second kappa shape index (κ2) is 8.77. The fourth-order valence-corrected chi connectivity index (χ4v) is 3.06. The standard InChI is InChI=1S/C18H31ClN2/c1-18(2,3)16(10-11-20)8-6-12-21(4)14-15-7-5-9-17(19)13-15/h5,7,9,13,16H,6,8,10-12,14,20H2,1-4H3. The van der Waals surface area contributed by atoms with Gasteiger partial charge in [-0.2, -0.15) is 0 Å². The van der Waals surface area contributed by atoms with Crippen LogP contribution in [0.3, 0.4) is 0 Å². The van der Waals surface area contributed by atoms with E-state index in [0.29, 0.717) is 11.3 Å². The second-order valence-electron chi connectivity index (χ2n) is 7.15. The third-order valence-electron chi connectivity index (χ3n) is 4.17. The maximum atomic E-state index is 6.03. The quantitative estimate of drug-likeness (QED) is 0.762. The van der Waals surface area contributed by atoms with E-state index in [1.807, 2.05) is 18.2 Å². The van der Waals surface area contributed by atoms with Gasteiger partial charge in [-0.3, -0.25) is 0 Å². The molecule has 0 saturated carbocycles. The van der Waals surface area contributed by atoms with Crippen molar-refractivity contribution in [2.24, 2.45) is 17.1 Å². The van der Waals surface area contributed by atoms with Crippen LogP contribution in [0.1, 0.15) is 45.6 Å². The summed E-state index contributed by atoms with van der Waals surface area (Å²) >= 11 is 6.03. The number of halogens is 1. The van der Waals surface area contributed by atoms with E-state index in [1.54, 1.807) is 0 Å². The van der Waals surface area contributed by atoms with Crippen molar-refractivity contribution in [2.75, 3.05) is 20.1 Å². The summed E-state index contributed by atoms with van der Waals surface area (Å²) in [5.74, 6) is 0.710. The lowest BCUT2D eigenvalue weighted by molar-refractivity contribution is 0.199. The molecule has 21 heavy (non-hydrogen) atoms. The molecule has 1 rings (SSSR count). The van der Waals surface area contributed by atoms with Crippen LogP contribution >= 0.6 is 11.6 Å². The number of hydrogen-bond donors (Lipinski definition) is 1. The average molecular weight is 311 g/mol. The zero-order valence-corrected chi connectivity index (χ0v) is 14.8. The Bertz CT molecular complexity index is 412. The molecular weight excluding hydrogens is 280 g/mol. The van der Waals surface area contributed by atoms with Crippen LogP contribution in [0.5, 0.6) is 0 Å². The molecule has 1 aromatic carbocycles. The summed E-state index contributed by atoms with van der Waals surface area (Å²) in [4.78, 5) is 2.37. The Morgan fingerprint density at radius 2 is 1.95 bits per heavy atom. The van der Waals surface area contributed by atoms with E-state index in [9.17, 15) is 0 Å². The van der Waals surface area contributed by atoms with Gasteiger partial charge in [-0.25, -0.2) is 0 Å². The van der Waals surface area contributed by atoms with Gasteiger partial charge in [0.2, 0.25) is 0 Å². The van der Waals surface area contributed by atoms with E-state index in [-0.39, 0.29) is 0 Å². The summed E-state index contributed by atoms with van der Waals surface area (Å²) in [6.07, 6.45) is 3.60. The smallest absolute Gasteiger partial charge is 0.0409 e. The molecular formula is C18H31ClN2. The van der Waals surface area contributed by atoms with Crippen LogP contribution < -0.4 is 5.73 Å². The fraction of sp³-hybridized carbons (Fsp3) is 0.667. The molecule has 2 nitrogen and oxygen atoms in total. The van der Waals surface area contributed by atoms with Gasteiger partial charge in [0, 0.05) is 11.6 Å². The van der Waals surface area contributed by atoms with Crippen molar-refractivity contribution >= 4 is 11.6 Å². The summed E-state index contributed by atoms with van der Waals surface area (Å²) < 4.78 is 0. The van der Waals surface area contributed by atoms with Gasteiger partial charge in [-0.1, -0.05) is 44.5 Å². The van der Waals surface area contributed by atoms with Crippen LogP contribution in [-0.4, -0.2) is 25.0 Å². The van der Waals surface area contributed by atoms with Crippen molar-refractivity contribution < 1.29 is 0 Å². The van der Waals surface area contributed by atoms with Gasteiger partial charge in [0.05, 0.1) is 0 Å². The maximum Gasteiger partial charge on any atom is 0.0409 e. The number of rotatable bonds is 8. The predicted octanol–water partition coefficient (Wildman–Crippen LogP) is 4.56. The summed E-state index contributed by atoms with van der Waals surface area (Å²) in [5.41, 5.74) is 7.38. The second-order valence-corrected chi connectivity index (χ2v) is 7.59. The number of benzene rings is 1. The molecule has 0 aliphatic rings. The van der Waals surface area contributed by atoms with Crippen LogP contribution in [0.25, 0.3) is 0 Å². The number of hydrogen-bond acceptors (Lipinski definition) is 2. The first kappa shape index (κ1) is 18.5. The first-order valence-corrected chi connectivity index (χ1v) is 8.33. The van der Waals surface area contributed by atoms with E-state index in [1.165, 1.54) is 18.4 Å².